The average Bonchev–Trinajstić information content (AvgIpc) is 2.30. The highest BCUT2D eigenvalue weighted by molar-refractivity contribution is 5.43. The number of hydrogen-bond acceptors (Lipinski definition) is 2. The van der Waals surface area contributed by atoms with Crippen LogP contribution >= 0.6 is 0 Å². The first-order valence-corrected chi connectivity index (χ1v) is 6.33. The molecular weight excluding hydrogens is 198 g/mol. The highest BCUT2D eigenvalue weighted by Crippen LogP contribution is 2.26. The van der Waals surface area contributed by atoms with Crippen molar-refractivity contribution in [3.63, 3.8) is 0 Å². The maximum absolute atomic E-state index is 5.71. The van der Waals surface area contributed by atoms with Crippen LogP contribution in [0.15, 0.2) is 24.3 Å². The second-order valence-corrected chi connectivity index (χ2v) is 4.71. The molecule has 1 saturated carbocycles. The summed E-state index contributed by atoms with van der Waals surface area (Å²) in [6.45, 7) is 0.828. The number of rotatable bonds is 4. The van der Waals surface area contributed by atoms with Gasteiger partial charge in [0.25, 0.3) is 0 Å². The van der Waals surface area contributed by atoms with Crippen molar-refractivity contribution in [2.45, 2.75) is 38.5 Å². The van der Waals surface area contributed by atoms with E-state index in [4.69, 9.17) is 10.5 Å². The Morgan fingerprint density at radius 1 is 1.19 bits per heavy atom. The van der Waals surface area contributed by atoms with Gasteiger partial charge >= 0.3 is 0 Å². The number of nitrogen functional groups attached to an aromatic ring is 1. The Morgan fingerprint density at radius 2 is 2.00 bits per heavy atom. The summed E-state index contributed by atoms with van der Waals surface area (Å²) in [4.78, 5) is 0. The molecule has 88 valence electrons. The van der Waals surface area contributed by atoms with Crippen LogP contribution in [0.1, 0.15) is 38.5 Å². The maximum Gasteiger partial charge on any atom is 0.121 e. The van der Waals surface area contributed by atoms with E-state index in [1.54, 1.807) is 0 Å². The quantitative estimate of drug-likeness (QED) is 0.785. The van der Waals surface area contributed by atoms with Crippen LogP contribution in [0.4, 0.5) is 5.69 Å². The first-order valence-electron chi connectivity index (χ1n) is 6.33. The maximum atomic E-state index is 5.71. The minimum absolute atomic E-state index is 0.773. The summed E-state index contributed by atoms with van der Waals surface area (Å²) < 4.78 is 5.71. The molecule has 1 aromatic rings. The largest absolute Gasteiger partial charge is 0.494 e. The van der Waals surface area contributed by atoms with Crippen molar-refractivity contribution in [2.24, 2.45) is 5.92 Å². The minimum atomic E-state index is 0.773. The van der Waals surface area contributed by atoms with Crippen LogP contribution in [0.2, 0.25) is 0 Å². The molecule has 16 heavy (non-hydrogen) atoms. The Morgan fingerprint density at radius 3 is 2.75 bits per heavy atom. The van der Waals surface area contributed by atoms with E-state index in [2.05, 4.69) is 0 Å². The normalized spacial score (nSPS) is 17.2. The van der Waals surface area contributed by atoms with E-state index in [1.807, 2.05) is 24.3 Å². The monoisotopic (exact) mass is 219 g/mol. The Balaban J connectivity index is 1.71. The van der Waals surface area contributed by atoms with E-state index in [9.17, 15) is 0 Å². The molecule has 0 aromatic heterocycles. The van der Waals surface area contributed by atoms with Crippen molar-refractivity contribution >= 4 is 5.69 Å². The van der Waals surface area contributed by atoms with E-state index in [-0.39, 0.29) is 0 Å². The van der Waals surface area contributed by atoms with Crippen molar-refractivity contribution in [1.82, 2.24) is 0 Å². The molecule has 1 aliphatic carbocycles. The molecule has 0 heterocycles. The van der Waals surface area contributed by atoms with Crippen LogP contribution in [0.25, 0.3) is 0 Å². The van der Waals surface area contributed by atoms with Gasteiger partial charge in [-0.25, -0.2) is 0 Å². The molecule has 0 atom stereocenters. The molecule has 0 aliphatic heterocycles. The van der Waals surface area contributed by atoms with Gasteiger partial charge in [0, 0.05) is 11.8 Å². The first-order chi connectivity index (χ1) is 7.84. The molecule has 1 fully saturated rings. The molecule has 0 radical (unpaired) electrons. The summed E-state index contributed by atoms with van der Waals surface area (Å²) in [6, 6.07) is 7.68. The number of nitrogens with two attached hydrogens (primary N) is 1. The topological polar surface area (TPSA) is 35.2 Å². The lowest BCUT2D eigenvalue weighted by atomic mass is 9.87. The molecule has 0 unspecified atom stereocenters. The van der Waals surface area contributed by atoms with Gasteiger partial charge in [0.05, 0.1) is 6.61 Å². The Hall–Kier alpha value is -1.18. The molecule has 0 bridgehead atoms. The number of anilines is 1. The number of benzene rings is 1. The Kier molecular flexibility index (Phi) is 4.09. The van der Waals surface area contributed by atoms with Gasteiger partial charge < -0.3 is 10.5 Å². The average molecular weight is 219 g/mol. The van der Waals surface area contributed by atoms with Gasteiger partial charge in [-0.2, -0.15) is 0 Å². The fourth-order valence-electron chi connectivity index (χ4n) is 2.42. The summed E-state index contributed by atoms with van der Waals surface area (Å²) in [5, 5.41) is 0. The highest BCUT2D eigenvalue weighted by Gasteiger charge is 2.12. The molecule has 2 nitrogen and oxygen atoms in total. The van der Waals surface area contributed by atoms with Crippen LogP contribution in [-0.4, -0.2) is 6.61 Å². The van der Waals surface area contributed by atoms with Gasteiger partial charge in [-0.15, -0.1) is 0 Å². The summed E-state index contributed by atoms with van der Waals surface area (Å²) in [5.74, 6) is 1.78. The third-order valence-corrected chi connectivity index (χ3v) is 3.38. The summed E-state index contributed by atoms with van der Waals surface area (Å²) in [6.07, 6.45) is 8.20. The van der Waals surface area contributed by atoms with Crippen LogP contribution in [0, 0.1) is 5.92 Å². The first kappa shape index (κ1) is 11.3. The molecule has 1 aliphatic rings. The van der Waals surface area contributed by atoms with Crippen LogP contribution in [0.3, 0.4) is 0 Å². The Bertz CT molecular complexity index is 318. The van der Waals surface area contributed by atoms with Gasteiger partial charge in [0.15, 0.2) is 0 Å². The zero-order valence-electron chi connectivity index (χ0n) is 9.82. The van der Waals surface area contributed by atoms with E-state index >= 15 is 0 Å². The fourth-order valence-corrected chi connectivity index (χ4v) is 2.42. The lowest BCUT2D eigenvalue weighted by Crippen LogP contribution is -2.10. The van der Waals surface area contributed by atoms with Crippen molar-refractivity contribution in [3.05, 3.63) is 24.3 Å². The molecule has 2 N–H and O–H groups in total. The third kappa shape index (κ3) is 3.44. The second-order valence-electron chi connectivity index (χ2n) is 4.71. The molecular formula is C14H21NO. The molecule has 2 heteroatoms. The van der Waals surface area contributed by atoms with Gasteiger partial charge in [0.1, 0.15) is 5.75 Å². The molecule has 2 rings (SSSR count). The Labute approximate surface area is 97.8 Å². The lowest BCUT2D eigenvalue weighted by molar-refractivity contribution is 0.246. The van der Waals surface area contributed by atoms with Crippen molar-refractivity contribution in [2.75, 3.05) is 12.3 Å². The molecule has 1 aromatic carbocycles. The predicted octanol–water partition coefficient (Wildman–Crippen LogP) is 3.62. The van der Waals surface area contributed by atoms with E-state index in [0.29, 0.717) is 0 Å². The van der Waals surface area contributed by atoms with E-state index in [0.717, 1.165) is 24.0 Å². The van der Waals surface area contributed by atoms with Gasteiger partial charge in [-0.05, 0) is 24.5 Å². The standard InChI is InChI=1S/C14H21NO/c15-13-7-4-8-14(11-13)16-10-9-12-5-2-1-3-6-12/h4,7-8,11-12H,1-3,5-6,9-10,15H2. The lowest BCUT2D eigenvalue weighted by Gasteiger charge is -2.21. The summed E-state index contributed by atoms with van der Waals surface area (Å²) in [7, 11) is 0. The minimum Gasteiger partial charge on any atom is -0.494 e. The van der Waals surface area contributed by atoms with Crippen LogP contribution in [-0.2, 0) is 0 Å². The number of hydrogen-bond donors (Lipinski definition) is 1. The third-order valence-electron chi connectivity index (χ3n) is 3.38. The summed E-state index contributed by atoms with van der Waals surface area (Å²) in [5.41, 5.74) is 6.47. The SMILES string of the molecule is Nc1cccc(OCCC2CCCCC2)c1. The van der Waals surface area contributed by atoms with E-state index in [1.165, 1.54) is 38.5 Å². The number of ether oxygens (including phenoxy) is 1. The van der Waals surface area contributed by atoms with E-state index < -0.39 is 0 Å². The highest BCUT2D eigenvalue weighted by atomic mass is 16.5. The van der Waals surface area contributed by atoms with Crippen LogP contribution in [0.5, 0.6) is 5.75 Å². The van der Waals surface area contributed by atoms with Crippen molar-refractivity contribution in [1.29, 1.82) is 0 Å². The van der Waals surface area contributed by atoms with Gasteiger partial charge in [-0.1, -0.05) is 38.2 Å². The fraction of sp³-hybridized carbons (Fsp3) is 0.571. The van der Waals surface area contributed by atoms with Crippen molar-refractivity contribution < 1.29 is 4.74 Å². The zero-order chi connectivity index (χ0) is 11.2. The molecule has 0 amide bonds. The smallest absolute Gasteiger partial charge is 0.121 e. The summed E-state index contributed by atoms with van der Waals surface area (Å²) >= 11 is 0. The van der Waals surface area contributed by atoms with Gasteiger partial charge in [-0.3, -0.25) is 0 Å². The van der Waals surface area contributed by atoms with Gasteiger partial charge in [0.2, 0.25) is 0 Å². The predicted molar refractivity (Wildman–Crippen MR) is 67.5 cm³/mol. The zero-order valence-corrected chi connectivity index (χ0v) is 9.82. The molecule has 0 spiro atoms. The van der Waals surface area contributed by atoms with Crippen molar-refractivity contribution in [3.8, 4) is 5.75 Å². The second kappa shape index (κ2) is 5.78. The van der Waals surface area contributed by atoms with Crippen LogP contribution < -0.4 is 10.5 Å². The molecule has 0 saturated heterocycles.